The van der Waals surface area contributed by atoms with Crippen LogP contribution in [0.5, 0.6) is 5.75 Å². The lowest BCUT2D eigenvalue weighted by atomic mass is 10.2. The lowest BCUT2D eigenvalue weighted by Crippen LogP contribution is -2.17. The number of aromatic nitrogens is 1. The van der Waals surface area contributed by atoms with Crippen LogP contribution in [0.25, 0.3) is 0 Å². The maximum absolute atomic E-state index is 6.06. The molecule has 1 aromatic carbocycles. The van der Waals surface area contributed by atoms with Crippen molar-refractivity contribution in [3.05, 3.63) is 53.3 Å². The zero-order chi connectivity index (χ0) is 13.0. The Morgan fingerprint density at radius 1 is 1.22 bits per heavy atom. The highest BCUT2D eigenvalue weighted by molar-refractivity contribution is 6.30. The summed E-state index contributed by atoms with van der Waals surface area (Å²) in [6.07, 6.45) is 1.69. The summed E-state index contributed by atoms with van der Waals surface area (Å²) in [4.78, 5) is 6.16. The third kappa shape index (κ3) is 2.74. The molecule has 3 nitrogen and oxygen atoms in total. The first-order valence-corrected chi connectivity index (χ1v) is 6.03. The van der Waals surface area contributed by atoms with Crippen molar-refractivity contribution >= 4 is 17.3 Å². The molecule has 0 atom stereocenters. The Bertz CT molecular complexity index is 531. The Balaban J connectivity index is 2.22. The number of para-hydroxylation sites is 2. The van der Waals surface area contributed by atoms with E-state index in [0.29, 0.717) is 11.7 Å². The number of benzene rings is 1. The van der Waals surface area contributed by atoms with E-state index in [9.17, 15) is 0 Å². The second-order valence-corrected chi connectivity index (χ2v) is 4.34. The Labute approximate surface area is 112 Å². The molecule has 2 rings (SSSR count). The summed E-state index contributed by atoms with van der Waals surface area (Å²) in [6.45, 7) is 0.688. The van der Waals surface area contributed by atoms with Gasteiger partial charge < -0.3 is 9.64 Å². The van der Waals surface area contributed by atoms with E-state index in [1.165, 1.54) is 0 Å². The molecule has 0 saturated heterocycles. The number of halogens is 1. The van der Waals surface area contributed by atoms with Crippen molar-refractivity contribution < 1.29 is 4.74 Å². The van der Waals surface area contributed by atoms with E-state index in [-0.39, 0.29) is 0 Å². The predicted octanol–water partition coefficient (Wildman–Crippen LogP) is 3.38. The molecule has 0 bridgehead atoms. The van der Waals surface area contributed by atoms with Crippen LogP contribution in [0.3, 0.4) is 0 Å². The Hall–Kier alpha value is -1.74. The van der Waals surface area contributed by atoms with Crippen LogP contribution < -0.4 is 9.64 Å². The van der Waals surface area contributed by atoms with E-state index >= 15 is 0 Å². The van der Waals surface area contributed by atoms with Crippen molar-refractivity contribution in [3.63, 3.8) is 0 Å². The monoisotopic (exact) mass is 262 g/mol. The molecule has 0 aliphatic rings. The highest BCUT2D eigenvalue weighted by Gasteiger charge is 2.09. The number of pyridine rings is 1. The molecule has 1 heterocycles. The highest BCUT2D eigenvalue weighted by atomic mass is 35.5. The fourth-order valence-corrected chi connectivity index (χ4v) is 2.00. The molecule has 0 aliphatic heterocycles. The van der Waals surface area contributed by atoms with Crippen molar-refractivity contribution in [2.24, 2.45) is 0 Å². The fraction of sp³-hybridized carbons (Fsp3) is 0.214. The molecular formula is C14H15ClN2O. The average molecular weight is 263 g/mol. The topological polar surface area (TPSA) is 25.4 Å². The Morgan fingerprint density at radius 3 is 2.72 bits per heavy atom. The van der Waals surface area contributed by atoms with Crippen LogP contribution in [-0.2, 0) is 6.54 Å². The molecule has 0 unspecified atom stereocenters. The van der Waals surface area contributed by atoms with Crippen LogP contribution in [0.4, 0.5) is 5.69 Å². The second-order valence-electron chi connectivity index (χ2n) is 3.98. The Kier molecular flexibility index (Phi) is 4.05. The van der Waals surface area contributed by atoms with E-state index in [1.807, 2.05) is 43.4 Å². The molecule has 2 aromatic rings. The summed E-state index contributed by atoms with van der Waals surface area (Å²) in [6, 6.07) is 11.8. The summed E-state index contributed by atoms with van der Waals surface area (Å²) in [5.41, 5.74) is 2.02. The smallest absolute Gasteiger partial charge is 0.142 e. The maximum atomic E-state index is 6.06. The van der Waals surface area contributed by atoms with E-state index in [2.05, 4.69) is 9.88 Å². The largest absolute Gasteiger partial charge is 0.495 e. The van der Waals surface area contributed by atoms with Crippen LogP contribution in [0.1, 0.15) is 5.56 Å². The summed E-state index contributed by atoms with van der Waals surface area (Å²) in [7, 11) is 3.67. The molecule has 0 N–H and O–H groups in total. The van der Waals surface area contributed by atoms with Gasteiger partial charge in [-0.2, -0.15) is 0 Å². The van der Waals surface area contributed by atoms with Crippen LogP contribution in [0.15, 0.2) is 42.6 Å². The lowest BCUT2D eigenvalue weighted by molar-refractivity contribution is 0.415. The van der Waals surface area contributed by atoms with Crippen LogP contribution in [0, 0.1) is 0 Å². The minimum Gasteiger partial charge on any atom is -0.495 e. The highest BCUT2D eigenvalue weighted by Crippen LogP contribution is 2.28. The molecule has 94 valence electrons. The average Bonchev–Trinajstić information content (AvgIpc) is 2.41. The maximum Gasteiger partial charge on any atom is 0.142 e. The number of hydrogen-bond donors (Lipinski definition) is 0. The summed E-state index contributed by atoms with van der Waals surface area (Å²) in [5, 5.41) is 0.541. The predicted molar refractivity (Wildman–Crippen MR) is 74.3 cm³/mol. The molecule has 0 aliphatic carbocycles. The number of rotatable bonds is 4. The quantitative estimate of drug-likeness (QED) is 0.790. The molecule has 4 heteroatoms. The van der Waals surface area contributed by atoms with Gasteiger partial charge in [-0.05, 0) is 18.2 Å². The van der Waals surface area contributed by atoms with Crippen molar-refractivity contribution in [1.29, 1.82) is 0 Å². The fourth-order valence-electron chi connectivity index (χ4n) is 1.82. The molecule has 0 amide bonds. The van der Waals surface area contributed by atoms with Crippen molar-refractivity contribution in [3.8, 4) is 5.75 Å². The minimum atomic E-state index is 0.541. The third-order valence-corrected chi connectivity index (χ3v) is 3.08. The van der Waals surface area contributed by atoms with E-state index in [0.717, 1.165) is 17.0 Å². The van der Waals surface area contributed by atoms with E-state index in [1.54, 1.807) is 13.3 Å². The van der Waals surface area contributed by atoms with Crippen LogP contribution in [0.2, 0.25) is 5.15 Å². The van der Waals surface area contributed by atoms with Crippen molar-refractivity contribution in [2.75, 3.05) is 19.1 Å². The number of methoxy groups -OCH3 is 1. The first-order valence-electron chi connectivity index (χ1n) is 5.66. The second kappa shape index (κ2) is 5.74. The van der Waals surface area contributed by atoms with Crippen molar-refractivity contribution in [2.45, 2.75) is 6.54 Å². The van der Waals surface area contributed by atoms with Gasteiger partial charge >= 0.3 is 0 Å². The van der Waals surface area contributed by atoms with Gasteiger partial charge in [0.1, 0.15) is 10.9 Å². The lowest BCUT2D eigenvalue weighted by Gasteiger charge is -2.21. The summed E-state index contributed by atoms with van der Waals surface area (Å²) < 4.78 is 5.34. The van der Waals surface area contributed by atoms with Gasteiger partial charge in [0.25, 0.3) is 0 Å². The summed E-state index contributed by atoms with van der Waals surface area (Å²) >= 11 is 6.06. The van der Waals surface area contributed by atoms with E-state index < -0.39 is 0 Å². The first-order chi connectivity index (χ1) is 8.72. The van der Waals surface area contributed by atoms with Crippen molar-refractivity contribution in [1.82, 2.24) is 4.98 Å². The molecule has 0 spiro atoms. The molecular weight excluding hydrogens is 248 g/mol. The summed E-state index contributed by atoms with van der Waals surface area (Å²) in [5.74, 6) is 0.847. The van der Waals surface area contributed by atoms with Gasteiger partial charge in [-0.15, -0.1) is 0 Å². The molecule has 18 heavy (non-hydrogen) atoms. The first kappa shape index (κ1) is 12.7. The van der Waals surface area contributed by atoms with Gasteiger partial charge in [0, 0.05) is 25.4 Å². The van der Waals surface area contributed by atoms with Crippen LogP contribution in [-0.4, -0.2) is 19.1 Å². The Morgan fingerprint density at radius 2 is 2.00 bits per heavy atom. The number of ether oxygens (including phenoxy) is 1. The van der Waals surface area contributed by atoms with E-state index in [4.69, 9.17) is 16.3 Å². The molecule has 0 fully saturated rings. The standard InChI is InChI=1S/C14H15ClN2O/c1-17(10-11-6-5-9-16-14(11)15)12-7-3-4-8-13(12)18-2/h3-9H,10H2,1-2H3. The van der Waals surface area contributed by atoms with Gasteiger partial charge in [0.05, 0.1) is 12.8 Å². The zero-order valence-corrected chi connectivity index (χ0v) is 11.2. The van der Waals surface area contributed by atoms with Gasteiger partial charge in [-0.3, -0.25) is 0 Å². The minimum absolute atomic E-state index is 0.541. The normalized spacial score (nSPS) is 10.2. The molecule has 0 radical (unpaired) electrons. The zero-order valence-electron chi connectivity index (χ0n) is 10.4. The van der Waals surface area contributed by atoms with Gasteiger partial charge in [0.2, 0.25) is 0 Å². The SMILES string of the molecule is COc1ccccc1N(C)Cc1cccnc1Cl. The van der Waals surface area contributed by atoms with Crippen LogP contribution >= 0.6 is 11.6 Å². The molecule has 0 saturated carbocycles. The third-order valence-electron chi connectivity index (χ3n) is 2.74. The number of hydrogen-bond acceptors (Lipinski definition) is 3. The van der Waals surface area contributed by atoms with Gasteiger partial charge in [-0.25, -0.2) is 4.98 Å². The molecule has 1 aromatic heterocycles. The number of nitrogens with zero attached hydrogens (tertiary/aromatic N) is 2. The van der Waals surface area contributed by atoms with Gasteiger partial charge in [0.15, 0.2) is 0 Å². The number of anilines is 1. The van der Waals surface area contributed by atoms with Gasteiger partial charge in [-0.1, -0.05) is 29.8 Å².